The highest BCUT2D eigenvalue weighted by atomic mass is 32.1. The maximum absolute atomic E-state index is 6.98. The number of hydrogen-bond donors (Lipinski definition) is 0. The predicted molar refractivity (Wildman–Crippen MR) is 236 cm³/mol. The molecule has 0 aliphatic heterocycles. The molecule has 0 amide bonds. The van der Waals surface area contributed by atoms with E-state index in [1.807, 2.05) is 11.3 Å². The van der Waals surface area contributed by atoms with Crippen LogP contribution in [-0.4, -0.2) is 0 Å². The lowest BCUT2D eigenvalue weighted by Crippen LogP contribution is -2.22. The number of nitrogens with zero attached hydrogens (tertiary/aromatic N) is 1. The lowest BCUT2D eigenvalue weighted by Gasteiger charge is -2.28. The van der Waals surface area contributed by atoms with Crippen LogP contribution in [0.4, 0.5) is 17.1 Å². The zero-order chi connectivity index (χ0) is 37.3. The summed E-state index contributed by atoms with van der Waals surface area (Å²) < 4.78 is 9.56. The molecule has 0 saturated heterocycles. The van der Waals surface area contributed by atoms with Gasteiger partial charge in [0, 0.05) is 53.1 Å². The van der Waals surface area contributed by atoms with Crippen LogP contribution in [-0.2, 0) is 10.8 Å². The summed E-state index contributed by atoms with van der Waals surface area (Å²) in [6.45, 7) is 7.09. The van der Waals surface area contributed by atoms with Gasteiger partial charge in [-0.05, 0) is 106 Å². The van der Waals surface area contributed by atoms with E-state index in [0.717, 1.165) is 39.0 Å². The largest absolute Gasteiger partial charge is 0.454 e. The summed E-state index contributed by atoms with van der Waals surface area (Å²) in [7, 11) is 0. The second-order valence-electron chi connectivity index (χ2n) is 16.2. The van der Waals surface area contributed by atoms with Gasteiger partial charge in [0.05, 0.1) is 5.69 Å². The number of thiophene rings is 1. The molecule has 0 spiro atoms. The number of rotatable bonds is 4. The van der Waals surface area contributed by atoms with Crippen LogP contribution in [0.15, 0.2) is 174 Å². The number of fused-ring (bicyclic) bond motifs is 12. The quantitative estimate of drug-likeness (QED) is 0.179. The van der Waals surface area contributed by atoms with Crippen LogP contribution in [0.2, 0.25) is 0 Å². The van der Waals surface area contributed by atoms with E-state index >= 15 is 0 Å². The van der Waals surface area contributed by atoms with Gasteiger partial charge in [0.25, 0.3) is 0 Å². The molecule has 2 heterocycles. The van der Waals surface area contributed by atoms with Crippen molar-refractivity contribution >= 4 is 70.5 Å². The Morgan fingerprint density at radius 2 is 1.05 bits per heavy atom. The average molecular weight is 736 g/mol. The van der Waals surface area contributed by atoms with Crippen LogP contribution in [0.5, 0.6) is 0 Å². The van der Waals surface area contributed by atoms with Crippen molar-refractivity contribution in [1.82, 2.24) is 0 Å². The Kier molecular flexibility index (Phi) is 6.44. The van der Waals surface area contributed by atoms with E-state index in [0.29, 0.717) is 0 Å². The molecule has 2 aliphatic carbocycles. The van der Waals surface area contributed by atoms with Crippen molar-refractivity contribution in [3.8, 4) is 22.3 Å². The van der Waals surface area contributed by atoms with Gasteiger partial charge < -0.3 is 9.32 Å². The van der Waals surface area contributed by atoms with Crippen molar-refractivity contribution in [3.63, 3.8) is 0 Å². The average Bonchev–Trinajstić information content (AvgIpc) is 3.94. The van der Waals surface area contributed by atoms with Crippen molar-refractivity contribution < 1.29 is 4.42 Å². The normalized spacial score (nSPS) is 14.6. The number of anilines is 3. The third-order valence-electron chi connectivity index (χ3n) is 13.0. The summed E-state index contributed by atoms with van der Waals surface area (Å²) in [6.07, 6.45) is 0. The molecule has 56 heavy (non-hydrogen) atoms. The molecule has 3 heteroatoms. The minimum Gasteiger partial charge on any atom is -0.454 e. The molecule has 0 bridgehead atoms. The molecule has 12 rings (SSSR count). The molecule has 2 aliphatic rings. The van der Waals surface area contributed by atoms with E-state index in [1.165, 1.54) is 70.2 Å². The summed E-state index contributed by atoms with van der Waals surface area (Å²) in [5.74, 6) is 0. The molecular weight excluding hydrogens is 699 g/mol. The zero-order valence-corrected chi connectivity index (χ0v) is 32.2. The van der Waals surface area contributed by atoms with Crippen molar-refractivity contribution in [2.45, 2.75) is 31.6 Å². The van der Waals surface area contributed by atoms with E-state index in [2.05, 4.69) is 196 Å². The van der Waals surface area contributed by atoms with Crippen LogP contribution in [0.3, 0.4) is 0 Å². The van der Waals surface area contributed by atoms with Crippen LogP contribution in [0, 0.1) is 0 Å². The van der Waals surface area contributed by atoms with Gasteiger partial charge in [-0.25, -0.2) is 0 Å². The van der Waals surface area contributed by atoms with Crippen LogP contribution in [0.1, 0.15) is 48.6 Å². The Labute approximate surface area is 329 Å². The van der Waals surface area contributed by atoms with E-state index < -0.39 is 0 Å². The Bertz CT molecular complexity index is 3220. The fraction of sp³-hybridized carbons (Fsp3) is 0.0943. The molecule has 2 nitrogen and oxygen atoms in total. The lowest BCUT2D eigenvalue weighted by molar-refractivity contribution is 0.660. The van der Waals surface area contributed by atoms with E-state index in [-0.39, 0.29) is 10.8 Å². The smallest absolute Gasteiger partial charge is 0.159 e. The fourth-order valence-electron chi connectivity index (χ4n) is 10.1. The Morgan fingerprint density at radius 3 is 1.84 bits per heavy atom. The summed E-state index contributed by atoms with van der Waals surface area (Å²) in [5.41, 5.74) is 16.6. The standard InChI is InChI=1S/C53H37NOS/c1-52(2)43-18-8-4-13-35(43)38-26-24-33(30-46(38)52)54(34-25-27-40-39-16-7-11-22-49(39)56-50(40)31-34)47-21-12-17-41-42-29-32(23-28-48(42)55-51(41)47)53(3)44-19-9-5-14-36(44)37-15-6-10-20-45(37)53/h4-31H,1-3H3. The molecule has 0 atom stereocenters. The van der Waals surface area contributed by atoms with Gasteiger partial charge in [-0.1, -0.05) is 135 Å². The first-order valence-electron chi connectivity index (χ1n) is 19.5. The van der Waals surface area contributed by atoms with Gasteiger partial charge in [0.1, 0.15) is 5.58 Å². The molecule has 0 fully saturated rings. The summed E-state index contributed by atoms with van der Waals surface area (Å²) in [6, 6.07) is 62.8. The third-order valence-corrected chi connectivity index (χ3v) is 14.1. The Balaban J connectivity index is 1.08. The third kappa shape index (κ3) is 4.21. The predicted octanol–water partition coefficient (Wildman–Crippen LogP) is 15.1. The van der Waals surface area contributed by atoms with Gasteiger partial charge in [-0.15, -0.1) is 11.3 Å². The first kappa shape index (κ1) is 31.9. The highest BCUT2D eigenvalue weighted by Gasteiger charge is 2.41. The monoisotopic (exact) mass is 735 g/mol. The van der Waals surface area contributed by atoms with Crippen molar-refractivity contribution in [3.05, 3.63) is 198 Å². The molecule has 10 aromatic rings. The molecule has 0 N–H and O–H groups in total. The Morgan fingerprint density at radius 1 is 0.446 bits per heavy atom. The molecular formula is C53H37NOS. The van der Waals surface area contributed by atoms with Crippen molar-refractivity contribution in [2.75, 3.05) is 4.90 Å². The van der Waals surface area contributed by atoms with Crippen molar-refractivity contribution in [1.29, 1.82) is 0 Å². The molecule has 0 saturated carbocycles. The van der Waals surface area contributed by atoms with Gasteiger partial charge in [-0.2, -0.15) is 0 Å². The van der Waals surface area contributed by atoms with Crippen LogP contribution < -0.4 is 4.90 Å². The fourth-order valence-corrected chi connectivity index (χ4v) is 11.3. The van der Waals surface area contributed by atoms with Crippen LogP contribution in [0.25, 0.3) is 64.4 Å². The molecule has 2 aromatic heterocycles. The minimum absolute atomic E-state index is 0.127. The van der Waals surface area contributed by atoms with Crippen LogP contribution >= 0.6 is 11.3 Å². The topological polar surface area (TPSA) is 16.4 Å². The lowest BCUT2D eigenvalue weighted by atomic mass is 9.74. The number of para-hydroxylation sites is 1. The highest BCUT2D eigenvalue weighted by Crippen LogP contribution is 2.54. The highest BCUT2D eigenvalue weighted by molar-refractivity contribution is 7.25. The Hall–Kier alpha value is -6.42. The number of furan rings is 1. The maximum atomic E-state index is 6.98. The zero-order valence-electron chi connectivity index (χ0n) is 31.4. The summed E-state index contributed by atoms with van der Waals surface area (Å²) >= 11 is 1.86. The first-order chi connectivity index (χ1) is 27.4. The first-order valence-corrected chi connectivity index (χ1v) is 20.3. The number of hydrogen-bond acceptors (Lipinski definition) is 3. The summed E-state index contributed by atoms with van der Waals surface area (Å²) in [5, 5.41) is 4.84. The number of benzene rings is 8. The second-order valence-corrected chi connectivity index (χ2v) is 17.3. The van der Waals surface area contributed by atoms with E-state index in [9.17, 15) is 0 Å². The van der Waals surface area contributed by atoms with Gasteiger partial charge in [-0.3, -0.25) is 0 Å². The molecule has 0 unspecified atom stereocenters. The second kappa shape index (κ2) is 11.3. The maximum Gasteiger partial charge on any atom is 0.159 e. The molecule has 266 valence electrons. The minimum atomic E-state index is -0.289. The van der Waals surface area contributed by atoms with Gasteiger partial charge in [0.2, 0.25) is 0 Å². The van der Waals surface area contributed by atoms with Crippen molar-refractivity contribution in [2.24, 2.45) is 0 Å². The van der Waals surface area contributed by atoms with Gasteiger partial charge >= 0.3 is 0 Å². The molecule has 0 radical (unpaired) electrons. The van der Waals surface area contributed by atoms with Gasteiger partial charge in [0.15, 0.2) is 5.58 Å². The van der Waals surface area contributed by atoms with E-state index in [1.54, 1.807) is 0 Å². The summed E-state index contributed by atoms with van der Waals surface area (Å²) in [4.78, 5) is 2.42. The van der Waals surface area contributed by atoms with E-state index in [4.69, 9.17) is 4.42 Å². The molecule has 8 aromatic carbocycles. The SMILES string of the molecule is CC1(C)c2ccccc2-c2ccc(N(c3ccc4c(c3)sc3ccccc34)c3cccc4c3oc3ccc(C5(C)c6ccccc6-c6ccccc65)cc34)cc21.